The minimum Gasteiger partial charge on any atom is -0.353 e. The molecule has 0 bridgehead atoms. The van der Waals surface area contributed by atoms with Crippen molar-refractivity contribution in [3.05, 3.63) is 58.2 Å². The van der Waals surface area contributed by atoms with E-state index in [-0.39, 0.29) is 17.9 Å². The predicted molar refractivity (Wildman–Crippen MR) is 123 cm³/mol. The number of piperazine rings is 1. The Morgan fingerprint density at radius 3 is 2.37 bits per heavy atom. The monoisotopic (exact) mass is 472 g/mol. The van der Waals surface area contributed by atoms with Gasteiger partial charge < -0.3 is 15.1 Å². The number of hydrogen-bond acceptors (Lipinski definition) is 4. The van der Waals surface area contributed by atoms with Gasteiger partial charge in [-0.05, 0) is 59.5 Å². The summed E-state index contributed by atoms with van der Waals surface area (Å²) in [6.45, 7) is 9.00. The summed E-state index contributed by atoms with van der Waals surface area (Å²) < 4.78 is 0.815. The number of benzene rings is 1. The van der Waals surface area contributed by atoms with Crippen LogP contribution in [0.5, 0.6) is 0 Å². The van der Waals surface area contributed by atoms with E-state index in [0.717, 1.165) is 16.7 Å². The number of carbonyl (C=O) groups excluding carboxylic acids is 2. The zero-order chi connectivity index (χ0) is 21.7. The van der Waals surface area contributed by atoms with Gasteiger partial charge in [0.25, 0.3) is 11.8 Å². The van der Waals surface area contributed by atoms with E-state index >= 15 is 0 Å². The molecule has 1 aliphatic rings. The van der Waals surface area contributed by atoms with E-state index < -0.39 is 0 Å². The van der Waals surface area contributed by atoms with Gasteiger partial charge in [0.2, 0.25) is 0 Å². The number of nitrogens with one attached hydrogen (secondary N) is 1. The standard InChI is InChI=1S/C23H29BrN4O2/c1-16(2)14-17(3)26-22(29)18-8-9-21(25-15-18)27-10-12-28(13-11-27)23(30)19-6-4-5-7-20(19)24/h4-9,15-17H,10-14H2,1-3H3,(H,26,29). The highest BCUT2D eigenvalue weighted by molar-refractivity contribution is 9.10. The Kier molecular flexibility index (Phi) is 7.48. The quantitative estimate of drug-likeness (QED) is 0.690. The number of amides is 2. The molecule has 160 valence electrons. The van der Waals surface area contributed by atoms with Crippen LogP contribution in [0.1, 0.15) is 47.9 Å². The molecule has 1 aliphatic heterocycles. The fourth-order valence-corrected chi connectivity index (χ4v) is 4.18. The molecule has 1 aromatic carbocycles. The van der Waals surface area contributed by atoms with Crippen LogP contribution in [0.4, 0.5) is 5.82 Å². The van der Waals surface area contributed by atoms with Crippen LogP contribution in [0.3, 0.4) is 0 Å². The predicted octanol–water partition coefficient (Wildman–Crippen LogP) is 3.97. The Morgan fingerprint density at radius 2 is 1.77 bits per heavy atom. The lowest BCUT2D eigenvalue weighted by Gasteiger charge is -2.35. The highest BCUT2D eigenvalue weighted by Gasteiger charge is 2.24. The second-order valence-electron chi connectivity index (χ2n) is 8.17. The van der Waals surface area contributed by atoms with E-state index in [1.54, 1.807) is 6.20 Å². The van der Waals surface area contributed by atoms with Crippen molar-refractivity contribution in [3.8, 4) is 0 Å². The lowest BCUT2D eigenvalue weighted by Crippen LogP contribution is -2.49. The number of aromatic nitrogens is 1. The lowest BCUT2D eigenvalue weighted by molar-refractivity contribution is 0.0745. The summed E-state index contributed by atoms with van der Waals surface area (Å²) in [6, 6.07) is 11.3. The van der Waals surface area contributed by atoms with Crippen LogP contribution < -0.4 is 10.2 Å². The van der Waals surface area contributed by atoms with Crippen molar-refractivity contribution in [2.45, 2.75) is 33.2 Å². The van der Waals surface area contributed by atoms with Gasteiger partial charge in [0, 0.05) is 42.9 Å². The Bertz CT molecular complexity index is 877. The van der Waals surface area contributed by atoms with E-state index in [4.69, 9.17) is 0 Å². The van der Waals surface area contributed by atoms with E-state index in [2.05, 4.69) is 45.0 Å². The molecule has 1 aromatic heterocycles. The minimum atomic E-state index is -0.0916. The number of nitrogens with zero attached hydrogens (tertiary/aromatic N) is 3. The molecule has 1 fully saturated rings. The van der Waals surface area contributed by atoms with Gasteiger partial charge >= 0.3 is 0 Å². The number of hydrogen-bond donors (Lipinski definition) is 1. The molecule has 1 saturated heterocycles. The van der Waals surface area contributed by atoms with Crippen molar-refractivity contribution in [1.82, 2.24) is 15.2 Å². The normalized spacial score (nSPS) is 15.2. The molecule has 0 radical (unpaired) electrons. The van der Waals surface area contributed by atoms with Crippen molar-refractivity contribution in [2.75, 3.05) is 31.1 Å². The second kappa shape index (κ2) is 10.1. The number of carbonyl (C=O) groups is 2. The topological polar surface area (TPSA) is 65.5 Å². The Morgan fingerprint density at radius 1 is 1.07 bits per heavy atom. The maximum absolute atomic E-state index is 12.8. The first-order valence-corrected chi connectivity index (χ1v) is 11.2. The van der Waals surface area contributed by atoms with Gasteiger partial charge in [-0.15, -0.1) is 0 Å². The number of anilines is 1. The molecule has 0 aliphatic carbocycles. The van der Waals surface area contributed by atoms with Gasteiger partial charge in [0.05, 0.1) is 11.1 Å². The first kappa shape index (κ1) is 22.3. The first-order valence-electron chi connectivity index (χ1n) is 10.4. The SMILES string of the molecule is CC(C)CC(C)NC(=O)c1ccc(N2CCN(C(=O)c3ccccc3Br)CC2)nc1. The summed E-state index contributed by atoms with van der Waals surface area (Å²) in [5.74, 6) is 1.31. The van der Waals surface area contributed by atoms with Crippen LogP contribution in [0.25, 0.3) is 0 Å². The average molecular weight is 473 g/mol. The largest absolute Gasteiger partial charge is 0.353 e. The highest BCUT2D eigenvalue weighted by Crippen LogP contribution is 2.20. The first-order chi connectivity index (χ1) is 14.3. The zero-order valence-corrected chi connectivity index (χ0v) is 19.4. The van der Waals surface area contributed by atoms with E-state index in [0.29, 0.717) is 43.2 Å². The van der Waals surface area contributed by atoms with Crippen LogP contribution in [-0.4, -0.2) is 53.9 Å². The van der Waals surface area contributed by atoms with Crippen LogP contribution in [0.2, 0.25) is 0 Å². The molecule has 1 N–H and O–H groups in total. The average Bonchev–Trinajstić information content (AvgIpc) is 2.73. The van der Waals surface area contributed by atoms with Crippen molar-refractivity contribution in [2.24, 2.45) is 5.92 Å². The van der Waals surface area contributed by atoms with Gasteiger partial charge in [-0.1, -0.05) is 26.0 Å². The van der Waals surface area contributed by atoms with Gasteiger partial charge in [-0.25, -0.2) is 4.98 Å². The molecule has 1 atom stereocenters. The van der Waals surface area contributed by atoms with E-state index in [1.807, 2.05) is 48.2 Å². The Balaban J connectivity index is 1.55. The molecule has 2 amide bonds. The maximum atomic E-state index is 12.8. The summed E-state index contributed by atoms with van der Waals surface area (Å²) in [6.07, 6.45) is 2.57. The van der Waals surface area contributed by atoms with Crippen molar-refractivity contribution in [1.29, 1.82) is 0 Å². The highest BCUT2D eigenvalue weighted by atomic mass is 79.9. The third-order valence-electron chi connectivity index (χ3n) is 5.21. The zero-order valence-electron chi connectivity index (χ0n) is 17.8. The second-order valence-corrected chi connectivity index (χ2v) is 9.02. The molecule has 1 unspecified atom stereocenters. The summed E-state index contributed by atoms with van der Waals surface area (Å²) in [7, 11) is 0. The molecular formula is C23H29BrN4O2. The summed E-state index contributed by atoms with van der Waals surface area (Å²) in [5.41, 5.74) is 1.25. The van der Waals surface area contributed by atoms with Crippen LogP contribution in [0, 0.1) is 5.92 Å². The summed E-state index contributed by atoms with van der Waals surface area (Å²) in [5, 5.41) is 3.02. The Hall–Kier alpha value is -2.41. The summed E-state index contributed by atoms with van der Waals surface area (Å²) in [4.78, 5) is 33.7. The fraction of sp³-hybridized carbons (Fsp3) is 0.435. The molecular weight excluding hydrogens is 444 g/mol. The van der Waals surface area contributed by atoms with Crippen molar-refractivity contribution < 1.29 is 9.59 Å². The molecule has 3 rings (SSSR count). The molecule has 7 heteroatoms. The van der Waals surface area contributed by atoms with Crippen LogP contribution in [0.15, 0.2) is 47.1 Å². The molecule has 6 nitrogen and oxygen atoms in total. The smallest absolute Gasteiger partial charge is 0.255 e. The fourth-order valence-electron chi connectivity index (χ4n) is 3.72. The third-order valence-corrected chi connectivity index (χ3v) is 5.90. The number of pyridine rings is 1. The van der Waals surface area contributed by atoms with Gasteiger partial charge in [-0.3, -0.25) is 9.59 Å². The van der Waals surface area contributed by atoms with Crippen LogP contribution in [-0.2, 0) is 0 Å². The Labute approximate surface area is 186 Å². The lowest BCUT2D eigenvalue weighted by atomic mass is 10.1. The molecule has 30 heavy (non-hydrogen) atoms. The third kappa shape index (κ3) is 5.59. The van der Waals surface area contributed by atoms with Crippen LogP contribution >= 0.6 is 15.9 Å². The minimum absolute atomic E-state index is 0.0395. The molecule has 0 spiro atoms. The molecule has 2 aromatic rings. The number of halogens is 1. The summed E-state index contributed by atoms with van der Waals surface area (Å²) >= 11 is 3.46. The molecule has 0 saturated carbocycles. The van der Waals surface area contributed by atoms with E-state index in [9.17, 15) is 9.59 Å². The van der Waals surface area contributed by atoms with Crippen molar-refractivity contribution in [3.63, 3.8) is 0 Å². The number of rotatable bonds is 6. The van der Waals surface area contributed by atoms with E-state index in [1.165, 1.54) is 0 Å². The maximum Gasteiger partial charge on any atom is 0.255 e. The molecule has 2 heterocycles. The van der Waals surface area contributed by atoms with Gasteiger partial charge in [0.15, 0.2) is 0 Å². The van der Waals surface area contributed by atoms with Gasteiger partial charge in [-0.2, -0.15) is 0 Å². The van der Waals surface area contributed by atoms with Crippen molar-refractivity contribution >= 4 is 33.6 Å². The van der Waals surface area contributed by atoms with Gasteiger partial charge in [0.1, 0.15) is 5.82 Å².